The van der Waals surface area contributed by atoms with Crippen LogP contribution in [0.25, 0.3) is 0 Å². The van der Waals surface area contributed by atoms with Crippen molar-refractivity contribution >= 4 is 0 Å². The number of hydrogen-bond donors (Lipinski definition) is 1. The van der Waals surface area contributed by atoms with Crippen LogP contribution in [-0.2, 0) is 6.54 Å². The Bertz CT molecular complexity index is 216. The van der Waals surface area contributed by atoms with Crippen molar-refractivity contribution in [1.82, 2.24) is 14.8 Å². The Kier molecular flexibility index (Phi) is 2.59. The van der Waals surface area contributed by atoms with Gasteiger partial charge >= 0.3 is 0 Å². The first-order valence-electron chi connectivity index (χ1n) is 3.89. The number of nitrogens with two attached hydrogens (primary N) is 1. The average Bonchev–Trinajstić information content (AvgIpc) is 2.36. The predicted molar refractivity (Wildman–Crippen MR) is 42.9 cm³/mol. The van der Waals surface area contributed by atoms with Gasteiger partial charge in [0, 0.05) is 6.54 Å². The Morgan fingerprint density at radius 1 is 1.73 bits per heavy atom. The molecule has 0 aliphatic heterocycles. The maximum Gasteiger partial charge on any atom is 0.143 e. The third-order valence-electron chi connectivity index (χ3n) is 1.49. The van der Waals surface area contributed by atoms with Crippen LogP contribution in [0.15, 0.2) is 6.33 Å². The highest BCUT2D eigenvalue weighted by Gasteiger charge is 2.06. The first kappa shape index (κ1) is 8.20. The van der Waals surface area contributed by atoms with Crippen molar-refractivity contribution in [1.29, 1.82) is 0 Å². The molecule has 0 saturated carbocycles. The van der Waals surface area contributed by atoms with E-state index in [0.717, 1.165) is 18.8 Å². The fraction of sp³-hybridized carbons (Fsp3) is 0.714. The largest absolute Gasteiger partial charge is 0.322 e. The summed E-state index contributed by atoms with van der Waals surface area (Å²) in [5.41, 5.74) is 5.67. The lowest BCUT2D eigenvalue weighted by Gasteiger charge is -2.05. The zero-order chi connectivity index (χ0) is 8.27. The fourth-order valence-electron chi connectivity index (χ4n) is 1.01. The summed E-state index contributed by atoms with van der Waals surface area (Å²) >= 11 is 0. The van der Waals surface area contributed by atoms with E-state index < -0.39 is 0 Å². The Labute approximate surface area is 66.4 Å². The van der Waals surface area contributed by atoms with E-state index in [0.29, 0.717) is 0 Å². The van der Waals surface area contributed by atoms with Crippen LogP contribution in [0.5, 0.6) is 0 Å². The van der Waals surface area contributed by atoms with Gasteiger partial charge in [0.15, 0.2) is 0 Å². The minimum Gasteiger partial charge on any atom is -0.322 e. The van der Waals surface area contributed by atoms with Crippen LogP contribution in [0.1, 0.15) is 32.1 Å². The molecule has 0 amide bonds. The normalized spacial score (nSPS) is 13.4. The minimum atomic E-state index is -0.0240. The molecule has 0 bridgehead atoms. The SMILES string of the molecule is CCCn1ncnc1C(C)N. The third-order valence-corrected chi connectivity index (χ3v) is 1.49. The first-order valence-corrected chi connectivity index (χ1v) is 3.89. The van der Waals surface area contributed by atoms with Gasteiger partial charge in [-0.15, -0.1) is 0 Å². The van der Waals surface area contributed by atoms with Gasteiger partial charge in [0.25, 0.3) is 0 Å². The maximum atomic E-state index is 5.67. The monoisotopic (exact) mass is 154 g/mol. The third kappa shape index (κ3) is 1.77. The number of rotatable bonds is 3. The smallest absolute Gasteiger partial charge is 0.143 e. The molecule has 0 radical (unpaired) electrons. The Morgan fingerprint density at radius 3 is 3.00 bits per heavy atom. The van der Waals surface area contributed by atoms with E-state index in [1.54, 1.807) is 6.33 Å². The molecule has 1 aromatic heterocycles. The zero-order valence-electron chi connectivity index (χ0n) is 6.99. The molecule has 0 spiro atoms. The van der Waals surface area contributed by atoms with Crippen LogP contribution in [-0.4, -0.2) is 14.8 Å². The Morgan fingerprint density at radius 2 is 2.45 bits per heavy atom. The van der Waals surface area contributed by atoms with Gasteiger partial charge in [-0.05, 0) is 13.3 Å². The molecule has 62 valence electrons. The summed E-state index contributed by atoms with van der Waals surface area (Å²) in [6.45, 7) is 4.92. The van der Waals surface area contributed by atoms with Gasteiger partial charge in [0.1, 0.15) is 12.2 Å². The second-order valence-electron chi connectivity index (χ2n) is 2.63. The summed E-state index contributed by atoms with van der Waals surface area (Å²) in [4.78, 5) is 4.06. The van der Waals surface area contributed by atoms with Gasteiger partial charge in [-0.25, -0.2) is 9.67 Å². The van der Waals surface area contributed by atoms with Crippen LogP contribution in [0.3, 0.4) is 0 Å². The molecule has 2 N–H and O–H groups in total. The van der Waals surface area contributed by atoms with Gasteiger partial charge in [0.2, 0.25) is 0 Å². The standard InChI is InChI=1S/C7H14N4/c1-3-4-11-7(6(2)8)9-5-10-11/h5-6H,3-4,8H2,1-2H3. The van der Waals surface area contributed by atoms with E-state index in [9.17, 15) is 0 Å². The first-order chi connectivity index (χ1) is 5.25. The van der Waals surface area contributed by atoms with Crippen molar-refractivity contribution in [2.24, 2.45) is 5.73 Å². The predicted octanol–water partition coefficient (Wildman–Crippen LogP) is 0.708. The quantitative estimate of drug-likeness (QED) is 0.697. The molecule has 0 aromatic carbocycles. The van der Waals surface area contributed by atoms with Gasteiger partial charge in [0.05, 0.1) is 6.04 Å². The maximum absolute atomic E-state index is 5.67. The molecule has 11 heavy (non-hydrogen) atoms. The van der Waals surface area contributed by atoms with E-state index >= 15 is 0 Å². The molecule has 4 heteroatoms. The molecule has 0 saturated heterocycles. The van der Waals surface area contributed by atoms with Crippen molar-refractivity contribution in [2.45, 2.75) is 32.9 Å². The lowest BCUT2D eigenvalue weighted by Crippen LogP contribution is -2.14. The number of aryl methyl sites for hydroxylation is 1. The summed E-state index contributed by atoms with van der Waals surface area (Å²) in [7, 11) is 0. The molecular formula is C7H14N4. The van der Waals surface area contributed by atoms with E-state index in [-0.39, 0.29) is 6.04 Å². The molecule has 1 unspecified atom stereocenters. The van der Waals surface area contributed by atoms with Crippen molar-refractivity contribution < 1.29 is 0 Å². The summed E-state index contributed by atoms with van der Waals surface area (Å²) in [5, 5.41) is 4.05. The number of aromatic nitrogens is 3. The van der Waals surface area contributed by atoms with Crippen LogP contribution >= 0.6 is 0 Å². The number of hydrogen-bond acceptors (Lipinski definition) is 3. The molecule has 1 heterocycles. The van der Waals surface area contributed by atoms with Gasteiger partial charge in [-0.3, -0.25) is 0 Å². The van der Waals surface area contributed by atoms with Crippen molar-refractivity contribution in [3.05, 3.63) is 12.2 Å². The van der Waals surface area contributed by atoms with Crippen LogP contribution in [0.4, 0.5) is 0 Å². The van der Waals surface area contributed by atoms with Crippen molar-refractivity contribution in [3.63, 3.8) is 0 Å². The van der Waals surface area contributed by atoms with E-state index in [2.05, 4.69) is 17.0 Å². The Hall–Kier alpha value is -0.900. The fourth-order valence-corrected chi connectivity index (χ4v) is 1.01. The second kappa shape index (κ2) is 3.48. The summed E-state index contributed by atoms with van der Waals surface area (Å²) in [6.07, 6.45) is 2.61. The highest BCUT2D eigenvalue weighted by atomic mass is 15.3. The second-order valence-corrected chi connectivity index (χ2v) is 2.63. The molecule has 4 nitrogen and oxygen atoms in total. The van der Waals surface area contributed by atoms with Gasteiger partial charge in [-0.1, -0.05) is 6.92 Å². The highest BCUT2D eigenvalue weighted by Crippen LogP contribution is 2.04. The molecule has 1 atom stereocenters. The molecular weight excluding hydrogens is 140 g/mol. The van der Waals surface area contributed by atoms with E-state index in [1.807, 2.05) is 11.6 Å². The van der Waals surface area contributed by atoms with E-state index in [1.165, 1.54) is 0 Å². The van der Waals surface area contributed by atoms with Gasteiger partial charge in [-0.2, -0.15) is 5.10 Å². The lowest BCUT2D eigenvalue weighted by atomic mass is 10.3. The highest BCUT2D eigenvalue weighted by molar-refractivity contribution is 4.90. The molecule has 1 rings (SSSR count). The molecule has 0 aliphatic rings. The van der Waals surface area contributed by atoms with Crippen molar-refractivity contribution in [2.75, 3.05) is 0 Å². The molecule has 1 aromatic rings. The molecule has 0 aliphatic carbocycles. The van der Waals surface area contributed by atoms with Gasteiger partial charge < -0.3 is 5.73 Å². The Balaban J connectivity index is 2.78. The summed E-state index contributed by atoms with van der Waals surface area (Å²) in [6, 6.07) is -0.0240. The average molecular weight is 154 g/mol. The van der Waals surface area contributed by atoms with Crippen LogP contribution in [0, 0.1) is 0 Å². The van der Waals surface area contributed by atoms with Crippen molar-refractivity contribution in [3.8, 4) is 0 Å². The lowest BCUT2D eigenvalue weighted by molar-refractivity contribution is 0.544. The van der Waals surface area contributed by atoms with E-state index in [4.69, 9.17) is 5.73 Å². The molecule has 0 fully saturated rings. The summed E-state index contributed by atoms with van der Waals surface area (Å²) < 4.78 is 1.85. The number of nitrogens with zero attached hydrogens (tertiary/aromatic N) is 3. The topological polar surface area (TPSA) is 56.7 Å². The zero-order valence-corrected chi connectivity index (χ0v) is 6.99. The van der Waals surface area contributed by atoms with Crippen LogP contribution in [0.2, 0.25) is 0 Å². The van der Waals surface area contributed by atoms with Crippen LogP contribution < -0.4 is 5.73 Å². The summed E-state index contributed by atoms with van der Waals surface area (Å²) in [5.74, 6) is 0.867. The minimum absolute atomic E-state index is 0.0240.